The Balaban J connectivity index is 1.41. The van der Waals surface area contributed by atoms with Crippen LogP contribution in [0.25, 0.3) is 0 Å². The van der Waals surface area contributed by atoms with E-state index in [2.05, 4.69) is 41.3 Å². The van der Waals surface area contributed by atoms with Crippen LogP contribution in [0.5, 0.6) is 5.75 Å². The van der Waals surface area contributed by atoms with Crippen LogP contribution < -0.4 is 4.74 Å². The van der Waals surface area contributed by atoms with E-state index in [0.29, 0.717) is 12.0 Å². The molecule has 4 rings (SSSR count). The lowest BCUT2D eigenvalue weighted by atomic mass is 9.79. The molecule has 148 valence electrons. The van der Waals surface area contributed by atoms with Gasteiger partial charge in [-0.25, -0.2) is 4.79 Å². The van der Waals surface area contributed by atoms with Crippen molar-refractivity contribution in [2.45, 2.75) is 44.1 Å². The van der Waals surface area contributed by atoms with Crippen molar-refractivity contribution in [2.75, 3.05) is 27.2 Å². The van der Waals surface area contributed by atoms with E-state index in [1.807, 2.05) is 12.1 Å². The van der Waals surface area contributed by atoms with Crippen molar-refractivity contribution >= 4 is 6.09 Å². The Kier molecular flexibility index (Phi) is 5.67. The maximum Gasteiger partial charge on any atom is 0.414 e. The van der Waals surface area contributed by atoms with E-state index in [1.165, 1.54) is 47.5 Å². The largest absolute Gasteiger partial charge is 0.414 e. The number of likely N-dealkylation sites (tertiary alicyclic amines) is 1. The summed E-state index contributed by atoms with van der Waals surface area (Å²) < 4.78 is 5.64. The highest BCUT2D eigenvalue weighted by Crippen LogP contribution is 2.44. The quantitative estimate of drug-likeness (QED) is 0.769. The number of amides is 1. The van der Waals surface area contributed by atoms with Gasteiger partial charge in [0.05, 0.1) is 0 Å². The van der Waals surface area contributed by atoms with Crippen molar-refractivity contribution in [1.29, 1.82) is 0 Å². The van der Waals surface area contributed by atoms with Gasteiger partial charge in [-0.2, -0.15) is 0 Å². The van der Waals surface area contributed by atoms with Crippen molar-refractivity contribution in [3.63, 3.8) is 0 Å². The topological polar surface area (TPSA) is 32.8 Å². The van der Waals surface area contributed by atoms with Crippen molar-refractivity contribution in [3.8, 4) is 5.75 Å². The molecule has 2 aromatic carbocycles. The summed E-state index contributed by atoms with van der Waals surface area (Å²) in [6, 6.07) is 17.6. The second-order valence-electron chi connectivity index (χ2n) is 8.21. The number of benzene rings is 2. The molecule has 0 spiro atoms. The van der Waals surface area contributed by atoms with Crippen LogP contribution in [0.15, 0.2) is 48.5 Å². The number of rotatable bonds is 5. The molecule has 0 saturated carbocycles. The van der Waals surface area contributed by atoms with Gasteiger partial charge in [-0.15, -0.1) is 0 Å². The third kappa shape index (κ3) is 3.93. The standard InChI is InChI=1S/C24H30N2O2/c1-25(2)24(27)28-23-12-6-11-19-20-15-17-26(22(20)14-13-21(19)23)16-7-10-18-8-4-3-5-9-18/h3-6,8-9,11-12,20,22H,7,10,13-17H2,1-2H3/t20-,22+/m0/s1. The molecule has 0 radical (unpaired) electrons. The Labute approximate surface area is 168 Å². The third-order valence-electron chi connectivity index (χ3n) is 6.24. The number of hydrogen-bond acceptors (Lipinski definition) is 3. The molecule has 0 aromatic heterocycles. The predicted octanol–water partition coefficient (Wildman–Crippen LogP) is 4.48. The zero-order valence-electron chi connectivity index (χ0n) is 16.9. The number of ether oxygens (including phenoxy) is 1. The average Bonchev–Trinajstić information content (AvgIpc) is 3.12. The molecule has 1 amide bonds. The molecule has 1 aliphatic heterocycles. The fraction of sp³-hybridized carbons (Fsp3) is 0.458. The van der Waals surface area contributed by atoms with Crippen LogP contribution in [0.1, 0.15) is 41.9 Å². The minimum absolute atomic E-state index is 0.301. The summed E-state index contributed by atoms with van der Waals surface area (Å²) in [4.78, 5) is 16.2. The van der Waals surface area contributed by atoms with Crippen LogP contribution in [-0.2, 0) is 12.8 Å². The molecule has 4 heteroatoms. The lowest BCUT2D eigenvalue weighted by Crippen LogP contribution is -2.36. The van der Waals surface area contributed by atoms with Gasteiger partial charge in [-0.05, 0) is 68.0 Å². The number of nitrogens with zero attached hydrogens (tertiary/aromatic N) is 2. The lowest BCUT2D eigenvalue weighted by molar-refractivity contribution is 0.170. The van der Waals surface area contributed by atoms with Gasteiger partial charge >= 0.3 is 6.09 Å². The average molecular weight is 379 g/mol. The van der Waals surface area contributed by atoms with Gasteiger partial charge in [-0.1, -0.05) is 42.5 Å². The van der Waals surface area contributed by atoms with Gasteiger partial charge in [0.2, 0.25) is 0 Å². The molecule has 1 heterocycles. The molecule has 0 bridgehead atoms. The summed E-state index contributed by atoms with van der Waals surface area (Å²) in [6.07, 6.45) is 5.40. The van der Waals surface area contributed by atoms with E-state index in [-0.39, 0.29) is 6.09 Å². The summed E-state index contributed by atoms with van der Waals surface area (Å²) in [5, 5.41) is 0. The van der Waals surface area contributed by atoms with E-state index in [9.17, 15) is 4.79 Å². The van der Waals surface area contributed by atoms with E-state index >= 15 is 0 Å². The summed E-state index contributed by atoms with van der Waals surface area (Å²) in [7, 11) is 3.44. The smallest absolute Gasteiger partial charge is 0.410 e. The van der Waals surface area contributed by atoms with Crippen LogP contribution in [0.3, 0.4) is 0 Å². The fourth-order valence-electron chi connectivity index (χ4n) is 4.84. The fourth-order valence-corrected chi connectivity index (χ4v) is 4.84. The highest BCUT2D eigenvalue weighted by Gasteiger charge is 2.39. The Bertz CT molecular complexity index is 819. The zero-order valence-corrected chi connectivity index (χ0v) is 16.9. The highest BCUT2D eigenvalue weighted by molar-refractivity contribution is 5.70. The first-order valence-electron chi connectivity index (χ1n) is 10.4. The molecule has 2 aliphatic rings. The van der Waals surface area contributed by atoms with Crippen molar-refractivity contribution in [2.24, 2.45) is 0 Å². The van der Waals surface area contributed by atoms with Crippen LogP contribution in [0.2, 0.25) is 0 Å². The molecule has 1 saturated heterocycles. The van der Waals surface area contributed by atoms with Crippen molar-refractivity contribution < 1.29 is 9.53 Å². The molecule has 1 fully saturated rings. The molecule has 4 nitrogen and oxygen atoms in total. The molecular weight excluding hydrogens is 348 g/mol. The van der Waals surface area contributed by atoms with Crippen LogP contribution in [-0.4, -0.2) is 49.1 Å². The first-order chi connectivity index (χ1) is 13.6. The third-order valence-corrected chi connectivity index (χ3v) is 6.24. The van der Waals surface area contributed by atoms with Gasteiger partial charge in [0.15, 0.2) is 0 Å². The highest BCUT2D eigenvalue weighted by atomic mass is 16.6. The maximum absolute atomic E-state index is 12.0. The van der Waals surface area contributed by atoms with Gasteiger partial charge in [0, 0.05) is 26.1 Å². The van der Waals surface area contributed by atoms with Gasteiger partial charge in [0.1, 0.15) is 5.75 Å². The first kappa shape index (κ1) is 19.0. The van der Waals surface area contributed by atoms with Gasteiger partial charge < -0.3 is 9.64 Å². The van der Waals surface area contributed by atoms with Crippen LogP contribution in [0, 0.1) is 0 Å². The second kappa shape index (κ2) is 8.36. The summed E-state index contributed by atoms with van der Waals surface area (Å²) in [6.45, 7) is 2.34. The molecule has 1 aliphatic carbocycles. The molecule has 2 aromatic rings. The van der Waals surface area contributed by atoms with Crippen LogP contribution in [0.4, 0.5) is 4.79 Å². The van der Waals surface area contributed by atoms with Gasteiger partial charge in [-0.3, -0.25) is 4.90 Å². The van der Waals surface area contributed by atoms with E-state index < -0.39 is 0 Å². The van der Waals surface area contributed by atoms with Crippen molar-refractivity contribution in [1.82, 2.24) is 9.80 Å². The number of carbonyl (C=O) groups is 1. The van der Waals surface area contributed by atoms with Crippen molar-refractivity contribution in [3.05, 3.63) is 65.2 Å². The minimum Gasteiger partial charge on any atom is -0.410 e. The van der Waals surface area contributed by atoms with Gasteiger partial charge in [0.25, 0.3) is 0 Å². The minimum atomic E-state index is -0.301. The normalized spacial score (nSPS) is 21.1. The first-order valence-corrected chi connectivity index (χ1v) is 10.4. The molecule has 2 atom stereocenters. The monoisotopic (exact) mass is 378 g/mol. The van der Waals surface area contributed by atoms with E-state index in [0.717, 1.165) is 25.0 Å². The Morgan fingerprint density at radius 2 is 1.93 bits per heavy atom. The molecule has 0 N–H and O–H groups in total. The summed E-state index contributed by atoms with van der Waals surface area (Å²) >= 11 is 0. The number of aryl methyl sites for hydroxylation is 1. The molecular formula is C24H30N2O2. The Hall–Kier alpha value is -2.33. The Morgan fingerprint density at radius 3 is 2.71 bits per heavy atom. The number of fused-ring (bicyclic) bond motifs is 3. The summed E-state index contributed by atoms with van der Waals surface area (Å²) in [5.41, 5.74) is 4.07. The van der Waals surface area contributed by atoms with E-state index in [4.69, 9.17) is 4.74 Å². The molecule has 0 unspecified atom stereocenters. The SMILES string of the molecule is CN(C)C(=O)Oc1cccc2c1CC[C@@H]1[C@H]2CCN1CCCc1ccccc1. The maximum atomic E-state index is 12.0. The predicted molar refractivity (Wildman–Crippen MR) is 112 cm³/mol. The second-order valence-corrected chi connectivity index (χ2v) is 8.21. The van der Waals surface area contributed by atoms with Crippen LogP contribution >= 0.6 is 0 Å². The number of hydrogen-bond donors (Lipinski definition) is 0. The lowest BCUT2D eigenvalue weighted by Gasteiger charge is -2.34. The zero-order chi connectivity index (χ0) is 19.5. The molecule has 28 heavy (non-hydrogen) atoms. The van der Waals surface area contributed by atoms with E-state index in [1.54, 1.807) is 14.1 Å². The number of carbonyl (C=O) groups excluding carboxylic acids is 1. The Morgan fingerprint density at radius 1 is 1.11 bits per heavy atom. The summed E-state index contributed by atoms with van der Waals surface area (Å²) in [5.74, 6) is 1.32.